The van der Waals surface area contributed by atoms with Crippen molar-refractivity contribution >= 4 is 0 Å². The molecule has 0 aromatic carbocycles. The maximum absolute atomic E-state index is 14.5. The molecular weight excluding hydrogens is 342 g/mol. The molecule has 9 heteroatoms. The third-order valence-electron chi connectivity index (χ3n) is 5.85. The number of fused-ring (bicyclic) bond motifs is 3. The van der Waals surface area contributed by atoms with Crippen LogP contribution in [-0.4, -0.2) is 44.6 Å². The second-order valence-electron chi connectivity index (χ2n) is 7.41. The molecule has 1 unspecified atom stereocenters. The average molecular weight is 362 g/mol. The van der Waals surface area contributed by atoms with Crippen LogP contribution in [0.3, 0.4) is 0 Å². The maximum atomic E-state index is 14.5. The molecule has 0 amide bonds. The number of hydrogen-bond donors (Lipinski definition) is 0. The minimum absolute atomic E-state index is 0.187. The summed E-state index contributed by atoms with van der Waals surface area (Å²) in [5.41, 5.74) is -2.68. The molecule has 140 valence electrons. The molecule has 0 aromatic heterocycles. The number of halogens is 6. The van der Waals surface area contributed by atoms with E-state index in [9.17, 15) is 26.3 Å². The summed E-state index contributed by atoms with van der Waals surface area (Å²) in [4.78, 5) is 0. The molecule has 4 rings (SSSR count). The zero-order valence-corrected chi connectivity index (χ0v) is 13.2. The maximum Gasteiger partial charge on any atom is 0.396 e. The van der Waals surface area contributed by atoms with E-state index in [0.29, 0.717) is 0 Å². The first-order chi connectivity index (χ1) is 11.0. The molecule has 3 nitrogen and oxygen atoms in total. The van der Waals surface area contributed by atoms with E-state index in [1.54, 1.807) is 0 Å². The molecule has 4 aliphatic rings. The summed E-state index contributed by atoms with van der Waals surface area (Å²) in [5, 5.41) is 0. The van der Waals surface area contributed by atoms with E-state index >= 15 is 0 Å². The highest BCUT2D eigenvalue weighted by Crippen LogP contribution is 2.64. The van der Waals surface area contributed by atoms with Gasteiger partial charge in [0.2, 0.25) is 0 Å². The van der Waals surface area contributed by atoms with Crippen molar-refractivity contribution in [2.24, 2.45) is 16.7 Å². The number of hydrogen-bond acceptors (Lipinski definition) is 3. The fourth-order valence-electron chi connectivity index (χ4n) is 3.80. The molecule has 1 saturated heterocycles. The Kier molecular flexibility index (Phi) is 4.36. The van der Waals surface area contributed by atoms with Crippen molar-refractivity contribution in [3.8, 4) is 0 Å². The van der Waals surface area contributed by atoms with E-state index < -0.39 is 54.7 Å². The van der Waals surface area contributed by atoms with Gasteiger partial charge >= 0.3 is 6.18 Å². The van der Waals surface area contributed by atoms with Crippen LogP contribution >= 0.6 is 0 Å². The van der Waals surface area contributed by atoms with Crippen molar-refractivity contribution in [3.05, 3.63) is 0 Å². The van der Waals surface area contributed by atoms with Crippen molar-refractivity contribution in [2.75, 3.05) is 19.8 Å². The summed E-state index contributed by atoms with van der Waals surface area (Å²) < 4.78 is 95.4. The Bertz CT molecular complexity index is 464. The molecule has 3 aliphatic carbocycles. The van der Waals surface area contributed by atoms with Gasteiger partial charge in [-0.15, -0.1) is 0 Å². The molecule has 0 aromatic rings. The summed E-state index contributed by atoms with van der Waals surface area (Å²) in [6.45, 7) is -1.60. The molecule has 4 fully saturated rings. The van der Waals surface area contributed by atoms with Gasteiger partial charge in [0.25, 0.3) is 12.4 Å². The van der Waals surface area contributed by atoms with Crippen LogP contribution < -0.4 is 0 Å². The lowest BCUT2D eigenvalue weighted by atomic mass is 9.52. The zero-order chi connectivity index (χ0) is 17.8. The first-order valence-corrected chi connectivity index (χ1v) is 7.94. The van der Waals surface area contributed by atoms with Gasteiger partial charge in [-0.25, -0.2) is 13.2 Å². The first-order valence-electron chi connectivity index (χ1n) is 7.94. The topological polar surface area (TPSA) is 27.7 Å². The standard InChI is InChI=1S/C15H20F6O3/c1-12-2-4-13(5-3-12,10(16)14(12,17)18)8-24-11-22-6-9(7-23-11)15(19,20)21/h9-11H,2-8H2,1H3. The van der Waals surface area contributed by atoms with Crippen molar-refractivity contribution < 1.29 is 40.6 Å². The molecule has 1 aliphatic heterocycles. The molecular formula is C15H20F6O3. The van der Waals surface area contributed by atoms with E-state index in [1.165, 1.54) is 6.92 Å². The van der Waals surface area contributed by atoms with Gasteiger partial charge in [0.1, 0.15) is 5.92 Å². The van der Waals surface area contributed by atoms with Crippen LogP contribution in [0.1, 0.15) is 32.6 Å². The van der Waals surface area contributed by atoms with Gasteiger partial charge in [-0.1, -0.05) is 6.92 Å². The largest absolute Gasteiger partial charge is 0.396 e. The van der Waals surface area contributed by atoms with E-state index in [2.05, 4.69) is 0 Å². The van der Waals surface area contributed by atoms with Gasteiger partial charge < -0.3 is 14.2 Å². The number of rotatable bonds is 3. The first kappa shape index (κ1) is 18.3. The smallest absolute Gasteiger partial charge is 0.329 e. The van der Waals surface area contributed by atoms with Crippen molar-refractivity contribution in [3.63, 3.8) is 0 Å². The van der Waals surface area contributed by atoms with Gasteiger partial charge in [0.05, 0.1) is 19.8 Å². The van der Waals surface area contributed by atoms with E-state index in [-0.39, 0.29) is 32.3 Å². The molecule has 0 N–H and O–H groups in total. The summed E-state index contributed by atoms with van der Waals surface area (Å²) >= 11 is 0. The molecule has 0 spiro atoms. The van der Waals surface area contributed by atoms with Crippen LogP contribution in [0.5, 0.6) is 0 Å². The van der Waals surface area contributed by atoms with Gasteiger partial charge in [-0.05, 0) is 25.7 Å². The highest BCUT2D eigenvalue weighted by molar-refractivity contribution is 5.12. The minimum atomic E-state index is -4.44. The van der Waals surface area contributed by atoms with Crippen LogP contribution in [0.25, 0.3) is 0 Å². The average Bonchev–Trinajstić information content (AvgIpc) is 2.52. The van der Waals surface area contributed by atoms with Gasteiger partial charge in [0, 0.05) is 10.8 Å². The Hall–Kier alpha value is -0.540. The third-order valence-corrected chi connectivity index (χ3v) is 5.85. The molecule has 2 bridgehead atoms. The van der Waals surface area contributed by atoms with Gasteiger partial charge in [-0.3, -0.25) is 0 Å². The summed E-state index contributed by atoms with van der Waals surface area (Å²) in [5.74, 6) is -5.19. The number of ether oxygens (including phenoxy) is 3. The normalized spacial score (nSPS) is 45.4. The highest BCUT2D eigenvalue weighted by atomic mass is 19.4. The second kappa shape index (κ2) is 5.74. The number of alkyl halides is 6. The SMILES string of the molecule is CC12CCC(COC3OCC(C(F)(F)F)CO3)(CC1)C(F)C2(F)F. The predicted molar refractivity (Wildman–Crippen MR) is 70.0 cm³/mol. The fraction of sp³-hybridized carbons (Fsp3) is 1.00. The summed E-state index contributed by atoms with van der Waals surface area (Å²) in [6.07, 6.45) is -5.91. The van der Waals surface area contributed by atoms with E-state index in [1.807, 2.05) is 0 Å². The Morgan fingerprint density at radius 2 is 1.58 bits per heavy atom. The van der Waals surface area contributed by atoms with Crippen LogP contribution in [0.2, 0.25) is 0 Å². The van der Waals surface area contributed by atoms with Gasteiger partial charge in [-0.2, -0.15) is 13.2 Å². The Morgan fingerprint density at radius 1 is 1.04 bits per heavy atom. The minimum Gasteiger partial charge on any atom is -0.329 e. The van der Waals surface area contributed by atoms with Crippen molar-refractivity contribution in [1.29, 1.82) is 0 Å². The Labute approximate surface area is 135 Å². The van der Waals surface area contributed by atoms with Crippen molar-refractivity contribution in [1.82, 2.24) is 0 Å². The lowest BCUT2D eigenvalue weighted by Gasteiger charge is -2.57. The lowest BCUT2D eigenvalue weighted by molar-refractivity contribution is -0.363. The summed E-state index contributed by atoms with van der Waals surface area (Å²) in [6, 6.07) is 0. The second-order valence-corrected chi connectivity index (χ2v) is 7.41. The quantitative estimate of drug-likeness (QED) is 0.709. The van der Waals surface area contributed by atoms with E-state index in [0.717, 1.165) is 0 Å². The Balaban J connectivity index is 1.58. The third kappa shape index (κ3) is 2.82. The van der Waals surface area contributed by atoms with Crippen LogP contribution in [0, 0.1) is 16.7 Å². The van der Waals surface area contributed by atoms with Crippen LogP contribution in [0.4, 0.5) is 26.3 Å². The fourth-order valence-corrected chi connectivity index (χ4v) is 3.80. The van der Waals surface area contributed by atoms with Gasteiger partial charge in [0.15, 0.2) is 6.17 Å². The van der Waals surface area contributed by atoms with Crippen molar-refractivity contribution in [2.45, 2.75) is 57.4 Å². The molecule has 1 atom stereocenters. The Morgan fingerprint density at radius 3 is 2.08 bits per heavy atom. The molecule has 3 saturated carbocycles. The predicted octanol–water partition coefficient (Wildman–Crippen LogP) is 4.07. The van der Waals surface area contributed by atoms with Crippen LogP contribution in [-0.2, 0) is 14.2 Å². The molecule has 0 radical (unpaired) electrons. The lowest BCUT2D eigenvalue weighted by Crippen LogP contribution is -2.64. The zero-order valence-electron chi connectivity index (χ0n) is 13.2. The summed E-state index contributed by atoms with van der Waals surface area (Å²) in [7, 11) is 0. The molecule has 24 heavy (non-hydrogen) atoms. The highest BCUT2D eigenvalue weighted by Gasteiger charge is 2.69. The van der Waals surface area contributed by atoms with Crippen LogP contribution in [0.15, 0.2) is 0 Å². The van der Waals surface area contributed by atoms with E-state index in [4.69, 9.17) is 14.2 Å². The monoisotopic (exact) mass is 362 g/mol. The molecule has 1 heterocycles.